The van der Waals surface area contributed by atoms with Gasteiger partial charge < -0.3 is 14.0 Å². The lowest BCUT2D eigenvalue weighted by molar-refractivity contribution is -0.274. The Morgan fingerprint density at radius 2 is 1.74 bits per heavy atom. The fourth-order valence-electron chi connectivity index (χ4n) is 3.81. The summed E-state index contributed by atoms with van der Waals surface area (Å²) < 4.78 is 42.8. The molecule has 0 bridgehead atoms. The molecule has 0 saturated carbocycles. The molecule has 9 heteroatoms. The van der Waals surface area contributed by atoms with Crippen molar-refractivity contribution in [1.29, 1.82) is 0 Å². The summed E-state index contributed by atoms with van der Waals surface area (Å²) in [6.45, 7) is 7.30. The molecular weight excluding hydrogens is 409 g/mol. The molecule has 1 saturated heterocycles. The van der Waals surface area contributed by atoms with E-state index < -0.39 is 6.36 Å². The number of piperazine rings is 1. The zero-order chi connectivity index (χ0) is 22.2. The van der Waals surface area contributed by atoms with E-state index in [0.29, 0.717) is 31.7 Å². The summed E-state index contributed by atoms with van der Waals surface area (Å²) in [5, 5.41) is 0. The van der Waals surface area contributed by atoms with E-state index in [0.717, 1.165) is 41.3 Å². The van der Waals surface area contributed by atoms with E-state index >= 15 is 0 Å². The van der Waals surface area contributed by atoms with Gasteiger partial charge in [0, 0.05) is 44.5 Å². The number of carbonyl (C=O) groups excluding carboxylic acids is 1. The molecule has 0 N–H and O–H groups in total. The molecule has 0 radical (unpaired) electrons. The van der Waals surface area contributed by atoms with Gasteiger partial charge in [0.1, 0.15) is 11.4 Å². The molecule has 3 heterocycles. The first-order valence-corrected chi connectivity index (χ1v) is 10.0. The highest BCUT2D eigenvalue weighted by Crippen LogP contribution is 2.23. The molecule has 1 fully saturated rings. The number of fused-ring (bicyclic) bond motifs is 1. The topological polar surface area (TPSA) is 50.1 Å². The minimum absolute atomic E-state index is 0.195. The highest BCUT2D eigenvalue weighted by Gasteiger charge is 2.31. The standard InChI is InChI=1S/C22H23F3N4O2/c1-15-7-8-29-19(16(2)26-20(29)13-15)14-27-9-11-28(12-10-27)21(30)17-3-5-18(6-4-17)31-22(23,24)25/h3-8,13H,9-12,14H2,1-2H3. The predicted octanol–water partition coefficient (Wildman–Crippen LogP) is 3.81. The quantitative estimate of drug-likeness (QED) is 0.629. The maximum Gasteiger partial charge on any atom is 0.573 e. The van der Waals surface area contributed by atoms with Crippen LogP contribution in [-0.4, -0.2) is 57.6 Å². The number of imidazole rings is 1. The SMILES string of the molecule is Cc1ccn2c(CN3CCN(C(=O)c4ccc(OC(F)(F)F)cc4)CC3)c(C)nc2c1. The maximum atomic E-state index is 12.7. The van der Waals surface area contributed by atoms with Gasteiger partial charge in [-0.25, -0.2) is 4.98 Å². The van der Waals surface area contributed by atoms with Gasteiger partial charge in [-0.3, -0.25) is 9.69 Å². The highest BCUT2D eigenvalue weighted by atomic mass is 19.4. The number of benzene rings is 1. The third-order valence-corrected chi connectivity index (χ3v) is 5.45. The average Bonchev–Trinajstić information content (AvgIpc) is 3.01. The molecule has 2 aromatic heterocycles. The van der Waals surface area contributed by atoms with E-state index in [-0.39, 0.29) is 11.7 Å². The van der Waals surface area contributed by atoms with Crippen LogP contribution in [0, 0.1) is 13.8 Å². The maximum absolute atomic E-state index is 12.7. The Labute approximate surface area is 177 Å². The Morgan fingerprint density at radius 1 is 1.06 bits per heavy atom. The van der Waals surface area contributed by atoms with Gasteiger partial charge in [-0.2, -0.15) is 0 Å². The predicted molar refractivity (Wildman–Crippen MR) is 109 cm³/mol. The smallest absolute Gasteiger partial charge is 0.406 e. The van der Waals surface area contributed by atoms with Crippen molar-refractivity contribution in [2.24, 2.45) is 0 Å². The fourth-order valence-corrected chi connectivity index (χ4v) is 3.81. The Hall–Kier alpha value is -3.07. The van der Waals surface area contributed by atoms with Crippen LogP contribution in [0.15, 0.2) is 42.6 Å². The summed E-state index contributed by atoms with van der Waals surface area (Å²) in [4.78, 5) is 21.4. The van der Waals surface area contributed by atoms with Crippen molar-refractivity contribution in [3.8, 4) is 5.75 Å². The molecule has 6 nitrogen and oxygen atoms in total. The molecular formula is C22H23F3N4O2. The number of halogens is 3. The van der Waals surface area contributed by atoms with Gasteiger partial charge in [0.15, 0.2) is 0 Å². The number of carbonyl (C=O) groups is 1. The van der Waals surface area contributed by atoms with Crippen LogP contribution < -0.4 is 4.74 Å². The lowest BCUT2D eigenvalue weighted by Gasteiger charge is -2.34. The van der Waals surface area contributed by atoms with Gasteiger partial charge in [-0.15, -0.1) is 13.2 Å². The van der Waals surface area contributed by atoms with Crippen LogP contribution >= 0.6 is 0 Å². The minimum Gasteiger partial charge on any atom is -0.406 e. The molecule has 0 unspecified atom stereocenters. The molecule has 1 amide bonds. The number of hydrogen-bond donors (Lipinski definition) is 0. The summed E-state index contributed by atoms with van der Waals surface area (Å²) in [6, 6.07) is 9.15. The number of aromatic nitrogens is 2. The zero-order valence-electron chi connectivity index (χ0n) is 17.3. The van der Waals surface area contributed by atoms with Crippen molar-refractivity contribution < 1.29 is 22.7 Å². The van der Waals surface area contributed by atoms with Crippen LogP contribution in [0.3, 0.4) is 0 Å². The summed E-state index contributed by atoms with van der Waals surface area (Å²) in [5.41, 5.74) is 4.56. The van der Waals surface area contributed by atoms with Crippen LogP contribution in [0.2, 0.25) is 0 Å². The van der Waals surface area contributed by atoms with Crippen LogP contribution in [-0.2, 0) is 6.54 Å². The molecule has 164 valence electrons. The van der Waals surface area contributed by atoms with Crippen LogP contribution in [0.4, 0.5) is 13.2 Å². The number of hydrogen-bond acceptors (Lipinski definition) is 4. The summed E-state index contributed by atoms with van der Waals surface area (Å²) >= 11 is 0. The number of alkyl halides is 3. The Bertz CT molecular complexity index is 1080. The molecule has 0 atom stereocenters. The van der Waals surface area contributed by atoms with Crippen LogP contribution in [0.25, 0.3) is 5.65 Å². The number of aryl methyl sites for hydroxylation is 2. The minimum atomic E-state index is -4.75. The molecule has 4 rings (SSSR count). The molecule has 1 aliphatic rings. The largest absolute Gasteiger partial charge is 0.573 e. The van der Waals surface area contributed by atoms with Gasteiger partial charge >= 0.3 is 6.36 Å². The van der Waals surface area contributed by atoms with Crippen molar-refractivity contribution >= 4 is 11.6 Å². The van der Waals surface area contributed by atoms with Crippen molar-refractivity contribution in [1.82, 2.24) is 19.2 Å². The third-order valence-electron chi connectivity index (χ3n) is 5.45. The second-order valence-corrected chi connectivity index (χ2v) is 7.72. The Balaban J connectivity index is 1.37. The van der Waals surface area contributed by atoms with Crippen molar-refractivity contribution in [3.05, 3.63) is 65.1 Å². The normalized spacial score (nSPS) is 15.5. The van der Waals surface area contributed by atoms with Gasteiger partial charge in [0.25, 0.3) is 5.91 Å². The molecule has 1 aliphatic heterocycles. The van der Waals surface area contributed by atoms with E-state index in [2.05, 4.69) is 31.2 Å². The van der Waals surface area contributed by atoms with Crippen molar-refractivity contribution in [2.45, 2.75) is 26.8 Å². The lowest BCUT2D eigenvalue weighted by Crippen LogP contribution is -2.48. The molecule has 1 aromatic carbocycles. The third kappa shape index (κ3) is 4.82. The van der Waals surface area contributed by atoms with E-state index in [1.807, 2.05) is 20.0 Å². The fraction of sp³-hybridized carbons (Fsp3) is 0.364. The van der Waals surface area contributed by atoms with E-state index in [1.165, 1.54) is 12.1 Å². The number of nitrogens with zero attached hydrogens (tertiary/aromatic N) is 4. The van der Waals surface area contributed by atoms with Crippen molar-refractivity contribution in [2.75, 3.05) is 26.2 Å². The molecule has 3 aromatic rings. The Morgan fingerprint density at radius 3 is 2.39 bits per heavy atom. The zero-order valence-corrected chi connectivity index (χ0v) is 17.3. The first-order valence-electron chi connectivity index (χ1n) is 10.0. The van der Waals surface area contributed by atoms with Crippen LogP contribution in [0.5, 0.6) is 5.75 Å². The van der Waals surface area contributed by atoms with Gasteiger partial charge in [0.2, 0.25) is 0 Å². The second kappa shape index (κ2) is 8.22. The van der Waals surface area contributed by atoms with E-state index in [1.54, 1.807) is 4.90 Å². The van der Waals surface area contributed by atoms with Gasteiger partial charge in [-0.05, 0) is 55.8 Å². The molecule has 0 aliphatic carbocycles. The van der Waals surface area contributed by atoms with Gasteiger partial charge in [0.05, 0.1) is 11.4 Å². The summed E-state index contributed by atoms with van der Waals surface area (Å²) in [5.74, 6) is -0.535. The highest BCUT2D eigenvalue weighted by molar-refractivity contribution is 5.94. The molecule has 0 spiro atoms. The number of ether oxygens (including phenoxy) is 1. The van der Waals surface area contributed by atoms with E-state index in [9.17, 15) is 18.0 Å². The van der Waals surface area contributed by atoms with Crippen molar-refractivity contribution in [3.63, 3.8) is 0 Å². The monoisotopic (exact) mass is 432 g/mol. The van der Waals surface area contributed by atoms with Crippen LogP contribution in [0.1, 0.15) is 27.3 Å². The lowest BCUT2D eigenvalue weighted by atomic mass is 10.1. The first-order chi connectivity index (χ1) is 14.7. The number of rotatable bonds is 4. The second-order valence-electron chi connectivity index (χ2n) is 7.72. The van der Waals surface area contributed by atoms with Gasteiger partial charge in [-0.1, -0.05) is 0 Å². The summed E-state index contributed by atoms with van der Waals surface area (Å²) in [6.07, 6.45) is -2.72. The average molecular weight is 432 g/mol. The van der Waals surface area contributed by atoms with E-state index in [4.69, 9.17) is 0 Å². The number of amides is 1. The number of pyridine rings is 1. The first kappa shape index (κ1) is 21.2. The summed E-state index contributed by atoms with van der Waals surface area (Å²) in [7, 11) is 0. The molecule has 31 heavy (non-hydrogen) atoms. The Kier molecular flexibility index (Phi) is 5.62.